The molecule has 4 nitrogen and oxygen atoms in total. The predicted octanol–water partition coefficient (Wildman–Crippen LogP) is 2.27. The lowest BCUT2D eigenvalue weighted by Gasteiger charge is -1.95. The van der Waals surface area contributed by atoms with Crippen LogP contribution < -0.4 is 11.1 Å². The first kappa shape index (κ1) is 13.5. The van der Waals surface area contributed by atoms with Crippen molar-refractivity contribution < 1.29 is 4.39 Å². The van der Waals surface area contributed by atoms with Crippen LogP contribution in [0.4, 0.5) is 4.39 Å². The summed E-state index contributed by atoms with van der Waals surface area (Å²) in [5.74, 6) is -0.396. The largest absolute Gasteiger partial charge is 0.280 e. The quantitative estimate of drug-likeness (QED) is 0.570. The molecule has 0 bridgehead atoms. The van der Waals surface area contributed by atoms with Gasteiger partial charge in [0.05, 0.1) is 21.8 Å². The predicted molar refractivity (Wildman–Crippen MR) is 83.1 cm³/mol. The van der Waals surface area contributed by atoms with Crippen molar-refractivity contribution >= 4 is 0 Å². The van der Waals surface area contributed by atoms with Crippen molar-refractivity contribution in [1.29, 1.82) is 0 Å². The number of nitrogens with zero attached hydrogens (tertiary/aromatic N) is 2. The zero-order valence-electron chi connectivity index (χ0n) is 11.8. The van der Waals surface area contributed by atoms with Crippen LogP contribution in [0.25, 0.3) is 22.5 Å². The van der Waals surface area contributed by atoms with Gasteiger partial charge in [0.25, 0.3) is 11.1 Å². The maximum absolute atomic E-state index is 13.1. The normalized spacial score (nSPS) is 11.2. The van der Waals surface area contributed by atoms with Gasteiger partial charge in [0.2, 0.25) is 0 Å². The van der Waals surface area contributed by atoms with Gasteiger partial charge < -0.3 is 0 Å². The van der Waals surface area contributed by atoms with Gasteiger partial charge in [0.1, 0.15) is 5.82 Å². The van der Waals surface area contributed by atoms with Crippen molar-refractivity contribution in [3.63, 3.8) is 0 Å². The average Bonchev–Trinajstić information content (AvgIpc) is 3.09. The Morgan fingerprint density at radius 3 is 1.65 bits per heavy atom. The van der Waals surface area contributed by atoms with Crippen LogP contribution in [0.5, 0.6) is 0 Å². The standard InChI is InChI=1S/C18H9FN2O2/c19-12-8-6-11(7-9-12)16-14-13(17(22)21-16)15(20-18(14)23)10-4-2-1-3-5-10/h1-9H. The van der Waals surface area contributed by atoms with E-state index in [0.717, 1.165) is 0 Å². The molecule has 0 saturated heterocycles. The Bertz CT molecular complexity index is 1140. The molecule has 2 aliphatic heterocycles. The van der Waals surface area contributed by atoms with Gasteiger partial charge >= 0.3 is 0 Å². The number of hydrogen-bond acceptors (Lipinski definition) is 4. The summed E-state index contributed by atoms with van der Waals surface area (Å²) in [5.41, 5.74) is 0.819. The van der Waals surface area contributed by atoms with Gasteiger partial charge in [-0.15, -0.1) is 0 Å². The number of rotatable bonds is 2. The highest BCUT2D eigenvalue weighted by molar-refractivity contribution is 5.66. The number of aromatic nitrogens is 2. The molecule has 0 atom stereocenters. The minimum absolute atomic E-state index is 0.195. The second kappa shape index (κ2) is 4.91. The first-order chi connectivity index (χ1) is 11.1. The fourth-order valence-corrected chi connectivity index (χ4v) is 2.70. The van der Waals surface area contributed by atoms with Crippen LogP contribution in [-0.4, -0.2) is 9.97 Å². The van der Waals surface area contributed by atoms with Gasteiger partial charge in [-0.1, -0.05) is 30.3 Å². The highest BCUT2D eigenvalue weighted by atomic mass is 19.1. The number of benzene rings is 2. The van der Waals surface area contributed by atoms with Gasteiger partial charge in [0.15, 0.2) is 0 Å². The maximum atomic E-state index is 13.1. The van der Waals surface area contributed by atoms with Crippen molar-refractivity contribution in [3.05, 3.63) is 91.6 Å². The van der Waals surface area contributed by atoms with E-state index in [1.807, 2.05) is 18.2 Å². The first-order valence-corrected chi connectivity index (χ1v) is 6.97. The summed E-state index contributed by atoms with van der Waals surface area (Å²) in [7, 11) is 0. The van der Waals surface area contributed by atoms with E-state index in [9.17, 15) is 14.0 Å². The molecule has 0 aliphatic carbocycles. The van der Waals surface area contributed by atoms with Gasteiger partial charge in [-0.25, -0.2) is 14.4 Å². The third kappa shape index (κ3) is 2.05. The van der Waals surface area contributed by atoms with Crippen molar-refractivity contribution in [1.82, 2.24) is 9.97 Å². The van der Waals surface area contributed by atoms with Crippen LogP contribution in [0.2, 0.25) is 0 Å². The SMILES string of the molecule is O=c1nc(-c2ccc(F)cc2)c2c(=O)nc(-c3ccccc3)c1=2. The molecule has 2 heterocycles. The topological polar surface area (TPSA) is 59.9 Å². The van der Waals surface area contributed by atoms with Crippen molar-refractivity contribution in [2.75, 3.05) is 0 Å². The summed E-state index contributed by atoms with van der Waals surface area (Å²) in [6.07, 6.45) is 0. The monoisotopic (exact) mass is 304 g/mol. The number of halogens is 1. The Morgan fingerprint density at radius 2 is 1.13 bits per heavy atom. The summed E-state index contributed by atoms with van der Waals surface area (Å²) in [6, 6.07) is 14.5. The van der Waals surface area contributed by atoms with Crippen molar-refractivity contribution in [3.8, 4) is 22.5 Å². The molecule has 23 heavy (non-hydrogen) atoms. The second-order valence-corrected chi connectivity index (χ2v) is 5.15. The van der Waals surface area contributed by atoms with Crippen LogP contribution in [0.3, 0.4) is 0 Å². The Labute approximate surface area is 129 Å². The molecule has 2 aromatic rings. The van der Waals surface area contributed by atoms with Gasteiger partial charge in [-0.05, 0) is 24.3 Å². The van der Waals surface area contributed by atoms with E-state index >= 15 is 0 Å². The molecule has 0 radical (unpaired) electrons. The minimum Gasteiger partial charge on any atom is -0.267 e. The van der Waals surface area contributed by atoms with E-state index in [2.05, 4.69) is 9.97 Å². The van der Waals surface area contributed by atoms with Crippen LogP contribution in [0.15, 0.2) is 64.2 Å². The Hall–Kier alpha value is -3.21. The molecule has 0 unspecified atom stereocenters. The van der Waals surface area contributed by atoms with Crippen LogP contribution in [-0.2, 0) is 0 Å². The molecule has 0 amide bonds. The molecule has 4 rings (SSSR count). The van der Waals surface area contributed by atoms with Crippen molar-refractivity contribution in [2.45, 2.75) is 0 Å². The highest BCUT2D eigenvalue weighted by Crippen LogP contribution is 2.22. The molecule has 2 aromatic carbocycles. The third-order valence-corrected chi connectivity index (χ3v) is 3.74. The zero-order chi connectivity index (χ0) is 16.0. The summed E-state index contributed by atoms with van der Waals surface area (Å²) in [5, 5.41) is 0.418. The molecule has 0 spiro atoms. The Kier molecular flexibility index (Phi) is 2.87. The van der Waals surface area contributed by atoms with Gasteiger partial charge in [0, 0.05) is 11.1 Å². The van der Waals surface area contributed by atoms with Gasteiger partial charge in [-0.2, -0.15) is 0 Å². The molecule has 0 aromatic heterocycles. The third-order valence-electron chi connectivity index (χ3n) is 3.74. The van der Waals surface area contributed by atoms with Crippen LogP contribution >= 0.6 is 0 Å². The van der Waals surface area contributed by atoms with Gasteiger partial charge in [-0.3, -0.25) is 9.59 Å². The van der Waals surface area contributed by atoms with E-state index in [1.54, 1.807) is 12.1 Å². The highest BCUT2D eigenvalue weighted by Gasteiger charge is 2.19. The van der Waals surface area contributed by atoms with Crippen molar-refractivity contribution in [2.24, 2.45) is 0 Å². The van der Waals surface area contributed by atoms with E-state index in [-0.39, 0.29) is 16.1 Å². The van der Waals surface area contributed by atoms with E-state index in [0.29, 0.717) is 16.8 Å². The summed E-state index contributed by atoms with van der Waals surface area (Å²) in [6.45, 7) is 0. The zero-order valence-corrected chi connectivity index (χ0v) is 11.8. The Balaban J connectivity index is 2.08. The van der Waals surface area contributed by atoms with E-state index < -0.39 is 16.9 Å². The lowest BCUT2D eigenvalue weighted by atomic mass is 10.1. The summed E-state index contributed by atoms with van der Waals surface area (Å²) < 4.78 is 13.1. The van der Waals surface area contributed by atoms with E-state index in [1.165, 1.54) is 24.3 Å². The van der Waals surface area contributed by atoms with E-state index in [4.69, 9.17) is 0 Å². The first-order valence-electron chi connectivity index (χ1n) is 6.97. The average molecular weight is 304 g/mol. The molecule has 0 N–H and O–H groups in total. The molecule has 0 fully saturated rings. The lowest BCUT2D eigenvalue weighted by Crippen LogP contribution is -2.04. The Morgan fingerprint density at radius 1 is 0.652 bits per heavy atom. The lowest BCUT2D eigenvalue weighted by molar-refractivity contribution is 0.628. The fourth-order valence-electron chi connectivity index (χ4n) is 2.70. The maximum Gasteiger partial charge on any atom is 0.280 e. The summed E-state index contributed by atoms with van der Waals surface area (Å²) in [4.78, 5) is 32.6. The fraction of sp³-hybridized carbons (Fsp3) is 0. The smallest absolute Gasteiger partial charge is 0.267 e. The molecular formula is C18H9FN2O2. The van der Waals surface area contributed by atoms with Crippen LogP contribution in [0.1, 0.15) is 0 Å². The number of hydrogen-bond donors (Lipinski definition) is 0. The molecule has 110 valence electrons. The summed E-state index contributed by atoms with van der Waals surface area (Å²) >= 11 is 0. The molecule has 5 heteroatoms. The molecule has 2 aliphatic rings. The molecule has 0 saturated carbocycles. The van der Waals surface area contributed by atoms with Crippen LogP contribution in [0, 0.1) is 16.3 Å². The second-order valence-electron chi connectivity index (χ2n) is 5.15. The minimum atomic E-state index is -0.493. The molecular weight excluding hydrogens is 295 g/mol.